The third-order valence-electron chi connectivity index (χ3n) is 1.57. The van der Waals surface area contributed by atoms with Crippen LogP contribution < -0.4 is 0 Å². The summed E-state index contributed by atoms with van der Waals surface area (Å²) in [7, 11) is 0. The maximum absolute atomic E-state index is 8.91. The molecule has 1 fully saturated rings. The van der Waals surface area contributed by atoms with Gasteiger partial charge in [-0.05, 0) is 12.8 Å². The van der Waals surface area contributed by atoms with Crippen LogP contribution in [-0.2, 0) is 0 Å². The predicted molar refractivity (Wildman–Crippen MR) is 50.8 cm³/mol. The van der Waals surface area contributed by atoms with Crippen molar-refractivity contribution >= 4 is 37.2 Å². The highest BCUT2D eigenvalue weighted by Crippen LogP contribution is 2.16. The zero-order valence-electron chi connectivity index (χ0n) is 5.78. The van der Waals surface area contributed by atoms with E-state index in [1.807, 2.05) is 0 Å². The highest BCUT2D eigenvalue weighted by molar-refractivity contribution is 5.86. The average molecular weight is 210 g/mol. The van der Waals surface area contributed by atoms with E-state index in [2.05, 4.69) is 0 Å². The zero-order valence-corrected chi connectivity index (χ0v) is 8.23. The number of halogens is 3. The van der Waals surface area contributed by atoms with Crippen molar-refractivity contribution in [3.05, 3.63) is 0 Å². The molecule has 0 heterocycles. The van der Waals surface area contributed by atoms with E-state index in [-0.39, 0.29) is 43.3 Å². The van der Waals surface area contributed by atoms with Crippen molar-refractivity contribution in [2.24, 2.45) is 0 Å². The number of hydrogen-bond acceptors (Lipinski definition) is 1. The van der Waals surface area contributed by atoms with E-state index >= 15 is 0 Å². The minimum atomic E-state index is 0. The van der Waals surface area contributed by atoms with Crippen LogP contribution in [0, 0.1) is 0 Å². The first kappa shape index (κ1) is 17.1. The molecule has 0 aromatic rings. The van der Waals surface area contributed by atoms with E-state index in [1.54, 1.807) is 0 Å². The lowest BCUT2D eigenvalue weighted by atomic mass is 9.98. The summed E-state index contributed by atoms with van der Waals surface area (Å²) in [6.07, 6.45) is 5.92. The van der Waals surface area contributed by atoms with Gasteiger partial charge in [-0.1, -0.05) is 19.3 Å². The van der Waals surface area contributed by atoms with Crippen LogP contribution in [0.15, 0.2) is 0 Å². The first-order chi connectivity index (χ1) is 3.39. The molecule has 0 amide bonds. The van der Waals surface area contributed by atoms with E-state index in [0.717, 1.165) is 12.8 Å². The molecule has 10 heavy (non-hydrogen) atoms. The molecule has 0 radical (unpaired) electrons. The molecule has 0 saturated heterocycles. The molecule has 1 N–H and O–H groups in total. The van der Waals surface area contributed by atoms with Gasteiger partial charge in [-0.3, -0.25) is 0 Å². The Morgan fingerprint density at radius 1 is 0.800 bits per heavy atom. The van der Waals surface area contributed by atoms with Crippen LogP contribution in [0.1, 0.15) is 32.1 Å². The first-order valence-corrected chi connectivity index (χ1v) is 3.07. The van der Waals surface area contributed by atoms with Crippen molar-refractivity contribution in [2.75, 3.05) is 0 Å². The highest BCUT2D eigenvalue weighted by Gasteiger charge is 2.07. The van der Waals surface area contributed by atoms with Crippen molar-refractivity contribution < 1.29 is 5.11 Å². The Bertz CT molecular complexity index is 55.0. The van der Waals surface area contributed by atoms with Gasteiger partial charge in [0.25, 0.3) is 0 Å². The Balaban J connectivity index is -0.000000163. The fraction of sp³-hybridized carbons (Fsp3) is 1.00. The van der Waals surface area contributed by atoms with Gasteiger partial charge >= 0.3 is 0 Å². The van der Waals surface area contributed by atoms with Gasteiger partial charge in [0.2, 0.25) is 0 Å². The van der Waals surface area contributed by atoms with Crippen LogP contribution in [0.25, 0.3) is 0 Å². The van der Waals surface area contributed by atoms with Gasteiger partial charge in [-0.25, -0.2) is 0 Å². The Morgan fingerprint density at radius 2 is 1.20 bits per heavy atom. The summed E-state index contributed by atoms with van der Waals surface area (Å²) >= 11 is 0. The monoisotopic (exact) mass is 208 g/mol. The first-order valence-electron chi connectivity index (χ1n) is 3.07. The standard InChI is InChI=1S/C6H12O.3ClH/c7-6-4-2-1-3-5-6;;;/h6-7H,1-5H2;3*1H. The van der Waals surface area contributed by atoms with Crippen LogP contribution in [0.3, 0.4) is 0 Å². The molecule has 1 nitrogen and oxygen atoms in total. The van der Waals surface area contributed by atoms with Crippen molar-refractivity contribution in [3.63, 3.8) is 0 Å². The minimum Gasteiger partial charge on any atom is -0.393 e. The second kappa shape index (κ2) is 9.83. The maximum Gasteiger partial charge on any atom is 0.0540 e. The van der Waals surface area contributed by atoms with Gasteiger partial charge in [0.1, 0.15) is 0 Å². The number of aliphatic hydroxyl groups excluding tert-OH is 1. The molecular weight excluding hydrogens is 194 g/mol. The third kappa shape index (κ3) is 6.94. The molecule has 1 rings (SSSR count). The molecule has 0 spiro atoms. The molecule has 0 aromatic carbocycles. The third-order valence-corrected chi connectivity index (χ3v) is 1.57. The maximum atomic E-state index is 8.91. The molecule has 1 saturated carbocycles. The predicted octanol–water partition coefficient (Wildman–Crippen LogP) is 2.58. The number of rotatable bonds is 0. The lowest BCUT2D eigenvalue weighted by Gasteiger charge is -2.14. The summed E-state index contributed by atoms with van der Waals surface area (Å²) in [5.74, 6) is 0. The fourth-order valence-electron chi connectivity index (χ4n) is 1.08. The summed E-state index contributed by atoms with van der Waals surface area (Å²) in [4.78, 5) is 0. The van der Waals surface area contributed by atoms with Crippen LogP contribution in [-0.4, -0.2) is 11.2 Å². The van der Waals surface area contributed by atoms with E-state index in [9.17, 15) is 0 Å². The topological polar surface area (TPSA) is 20.2 Å². The minimum absolute atomic E-state index is 0. The van der Waals surface area contributed by atoms with E-state index < -0.39 is 0 Å². The number of hydrogen-bond donors (Lipinski definition) is 1. The van der Waals surface area contributed by atoms with Crippen molar-refractivity contribution in [3.8, 4) is 0 Å². The highest BCUT2D eigenvalue weighted by atomic mass is 35.5. The Hall–Kier alpha value is 0.830. The van der Waals surface area contributed by atoms with Gasteiger partial charge < -0.3 is 5.11 Å². The Labute approximate surface area is 80.8 Å². The van der Waals surface area contributed by atoms with E-state index in [0.29, 0.717) is 0 Å². The zero-order chi connectivity index (χ0) is 5.11. The Morgan fingerprint density at radius 3 is 1.40 bits per heavy atom. The average Bonchev–Trinajstić information content (AvgIpc) is 1.69. The van der Waals surface area contributed by atoms with Gasteiger partial charge in [-0.15, -0.1) is 37.2 Å². The largest absolute Gasteiger partial charge is 0.393 e. The SMILES string of the molecule is Cl.Cl.Cl.OC1CCCCC1. The van der Waals surface area contributed by atoms with Crippen molar-refractivity contribution in [1.29, 1.82) is 0 Å². The molecule has 1 aliphatic rings. The molecule has 1 aliphatic carbocycles. The lowest BCUT2D eigenvalue weighted by molar-refractivity contribution is 0.130. The van der Waals surface area contributed by atoms with Crippen molar-refractivity contribution in [2.45, 2.75) is 38.2 Å². The summed E-state index contributed by atoms with van der Waals surface area (Å²) in [6, 6.07) is 0. The molecule has 0 unspecified atom stereocenters. The summed E-state index contributed by atoms with van der Waals surface area (Å²) in [5.41, 5.74) is 0. The molecule has 0 bridgehead atoms. The molecule has 4 heteroatoms. The number of aliphatic hydroxyl groups is 1. The summed E-state index contributed by atoms with van der Waals surface area (Å²) < 4.78 is 0. The summed E-state index contributed by atoms with van der Waals surface area (Å²) in [6.45, 7) is 0. The lowest BCUT2D eigenvalue weighted by Crippen LogP contribution is -2.09. The van der Waals surface area contributed by atoms with Gasteiger partial charge in [0.15, 0.2) is 0 Å². The van der Waals surface area contributed by atoms with Gasteiger partial charge in [0.05, 0.1) is 6.10 Å². The van der Waals surface area contributed by atoms with Crippen LogP contribution in [0.2, 0.25) is 0 Å². The van der Waals surface area contributed by atoms with Gasteiger partial charge in [-0.2, -0.15) is 0 Å². The second-order valence-electron chi connectivity index (χ2n) is 2.29. The Kier molecular flexibility index (Phi) is 16.8. The van der Waals surface area contributed by atoms with Gasteiger partial charge in [0, 0.05) is 0 Å². The fourth-order valence-corrected chi connectivity index (χ4v) is 1.08. The summed E-state index contributed by atoms with van der Waals surface area (Å²) in [5, 5.41) is 8.91. The van der Waals surface area contributed by atoms with Crippen LogP contribution in [0.4, 0.5) is 0 Å². The van der Waals surface area contributed by atoms with Crippen LogP contribution in [0.5, 0.6) is 0 Å². The second-order valence-corrected chi connectivity index (χ2v) is 2.29. The smallest absolute Gasteiger partial charge is 0.0540 e. The van der Waals surface area contributed by atoms with Crippen LogP contribution >= 0.6 is 37.2 Å². The normalized spacial score (nSPS) is 17.7. The molecule has 66 valence electrons. The molecule has 0 aliphatic heterocycles. The van der Waals surface area contributed by atoms with E-state index in [1.165, 1.54) is 19.3 Å². The molecule has 0 atom stereocenters. The van der Waals surface area contributed by atoms with E-state index in [4.69, 9.17) is 5.11 Å². The van der Waals surface area contributed by atoms with Crippen molar-refractivity contribution in [1.82, 2.24) is 0 Å². The molecule has 0 aromatic heterocycles. The quantitative estimate of drug-likeness (QED) is 0.650. The molecular formula is C6H15Cl3O.